The molecule has 0 spiro atoms. The number of nitrogens with zero attached hydrogens (tertiary/aromatic N) is 1. The molecule has 1 aromatic rings. The van der Waals surface area contributed by atoms with Crippen molar-refractivity contribution in [2.45, 2.75) is 12.5 Å². The van der Waals surface area contributed by atoms with E-state index in [0.29, 0.717) is 11.4 Å². The van der Waals surface area contributed by atoms with Gasteiger partial charge in [-0.2, -0.15) is 0 Å². The molecule has 0 saturated carbocycles. The molecule has 1 aliphatic heterocycles. The predicted molar refractivity (Wildman–Crippen MR) is 67.1 cm³/mol. The lowest BCUT2D eigenvalue weighted by molar-refractivity contribution is -0.131. The summed E-state index contributed by atoms with van der Waals surface area (Å²) in [5.41, 5.74) is 6.33. The highest BCUT2D eigenvalue weighted by Gasteiger charge is 2.24. The zero-order chi connectivity index (χ0) is 12.3. The van der Waals surface area contributed by atoms with Gasteiger partial charge in [0, 0.05) is 12.3 Å². The van der Waals surface area contributed by atoms with E-state index >= 15 is 0 Å². The van der Waals surface area contributed by atoms with Gasteiger partial charge in [0.25, 0.3) is 0 Å². The summed E-state index contributed by atoms with van der Waals surface area (Å²) in [6.45, 7) is 0.745. The minimum absolute atomic E-state index is 0.0850. The van der Waals surface area contributed by atoms with Crippen LogP contribution in [0.4, 0.5) is 4.39 Å². The largest absolute Gasteiger partial charge is 0.331 e. The fraction of sp³-hybridized carbons (Fsp3) is 0.417. The van der Waals surface area contributed by atoms with Crippen molar-refractivity contribution < 1.29 is 9.18 Å². The lowest BCUT2D eigenvalue weighted by atomic mass is 10.1. The molecule has 2 N–H and O–H groups in total. The number of amides is 1. The summed E-state index contributed by atoms with van der Waals surface area (Å²) >= 11 is 1.71. The molecule has 1 aliphatic rings. The number of hydrogen-bond acceptors (Lipinski definition) is 3. The van der Waals surface area contributed by atoms with Crippen molar-refractivity contribution in [2.75, 3.05) is 18.2 Å². The highest BCUT2D eigenvalue weighted by atomic mass is 32.2. The Labute approximate surface area is 104 Å². The molecule has 1 unspecified atom stereocenters. The molecule has 1 amide bonds. The van der Waals surface area contributed by atoms with Crippen LogP contribution >= 0.6 is 11.8 Å². The number of rotatable bonds is 3. The maximum atomic E-state index is 13.4. The molecule has 0 radical (unpaired) electrons. The quantitative estimate of drug-likeness (QED) is 0.882. The van der Waals surface area contributed by atoms with Crippen LogP contribution in [0.3, 0.4) is 0 Å². The Morgan fingerprint density at radius 1 is 1.53 bits per heavy atom. The molecule has 92 valence electrons. The summed E-state index contributed by atoms with van der Waals surface area (Å²) < 4.78 is 13.4. The Morgan fingerprint density at radius 2 is 2.29 bits per heavy atom. The van der Waals surface area contributed by atoms with Crippen molar-refractivity contribution in [1.82, 2.24) is 4.90 Å². The first kappa shape index (κ1) is 12.4. The van der Waals surface area contributed by atoms with Gasteiger partial charge < -0.3 is 10.6 Å². The standard InChI is InChI=1S/C12H15FN2OS/c13-10-4-2-1-3-9(10)7-11(14)12(16)15-5-6-17-8-15/h1-4,11H,5-8,14H2. The predicted octanol–water partition coefficient (Wildman–Crippen LogP) is 1.23. The minimum Gasteiger partial charge on any atom is -0.331 e. The van der Waals surface area contributed by atoms with E-state index < -0.39 is 6.04 Å². The summed E-state index contributed by atoms with van der Waals surface area (Å²) in [6.07, 6.45) is 0.257. The van der Waals surface area contributed by atoms with Gasteiger partial charge in [-0.25, -0.2) is 4.39 Å². The van der Waals surface area contributed by atoms with Crippen LogP contribution in [0.2, 0.25) is 0 Å². The number of hydrogen-bond donors (Lipinski definition) is 1. The van der Waals surface area contributed by atoms with Gasteiger partial charge in [0.1, 0.15) is 5.82 Å². The van der Waals surface area contributed by atoms with Crippen molar-refractivity contribution >= 4 is 17.7 Å². The van der Waals surface area contributed by atoms with Gasteiger partial charge in [-0.05, 0) is 18.1 Å². The monoisotopic (exact) mass is 254 g/mol. The van der Waals surface area contributed by atoms with E-state index in [9.17, 15) is 9.18 Å². The Morgan fingerprint density at radius 3 is 2.94 bits per heavy atom. The molecule has 1 heterocycles. The average Bonchev–Trinajstić information content (AvgIpc) is 2.84. The molecule has 0 bridgehead atoms. The summed E-state index contributed by atoms with van der Waals surface area (Å²) in [7, 11) is 0. The molecule has 1 atom stereocenters. The van der Waals surface area contributed by atoms with Gasteiger partial charge >= 0.3 is 0 Å². The third kappa shape index (κ3) is 2.98. The van der Waals surface area contributed by atoms with Crippen LogP contribution in [0.1, 0.15) is 5.56 Å². The second-order valence-corrected chi connectivity index (χ2v) is 5.12. The molecule has 1 fully saturated rings. The van der Waals surface area contributed by atoms with E-state index in [1.165, 1.54) is 6.07 Å². The van der Waals surface area contributed by atoms with Crippen LogP contribution in [0.15, 0.2) is 24.3 Å². The van der Waals surface area contributed by atoms with Gasteiger partial charge in [0.05, 0.1) is 11.9 Å². The zero-order valence-corrected chi connectivity index (χ0v) is 10.3. The van der Waals surface area contributed by atoms with E-state index in [0.717, 1.165) is 12.3 Å². The van der Waals surface area contributed by atoms with Crippen LogP contribution in [0.25, 0.3) is 0 Å². The van der Waals surface area contributed by atoms with Crippen molar-refractivity contribution in [3.8, 4) is 0 Å². The van der Waals surface area contributed by atoms with Crippen molar-refractivity contribution in [2.24, 2.45) is 5.73 Å². The lowest BCUT2D eigenvalue weighted by Gasteiger charge is -2.19. The van der Waals surface area contributed by atoms with Gasteiger partial charge in [0.15, 0.2) is 0 Å². The number of nitrogens with two attached hydrogens (primary N) is 1. The Bertz CT molecular complexity index is 407. The van der Waals surface area contributed by atoms with E-state index in [1.807, 2.05) is 0 Å². The number of benzene rings is 1. The van der Waals surface area contributed by atoms with Crippen LogP contribution in [0, 0.1) is 5.82 Å². The SMILES string of the molecule is NC(Cc1ccccc1F)C(=O)N1CCSC1. The fourth-order valence-corrected chi connectivity index (χ4v) is 2.77. The molecule has 0 aliphatic carbocycles. The summed E-state index contributed by atoms with van der Waals surface area (Å²) in [6, 6.07) is 5.79. The second kappa shape index (κ2) is 5.51. The van der Waals surface area contributed by atoms with Crippen molar-refractivity contribution in [1.29, 1.82) is 0 Å². The number of thioether (sulfide) groups is 1. The van der Waals surface area contributed by atoms with Gasteiger partial charge in [0.2, 0.25) is 5.91 Å². The van der Waals surface area contributed by atoms with Gasteiger partial charge in [-0.1, -0.05) is 18.2 Å². The molecular weight excluding hydrogens is 239 g/mol. The Hall–Kier alpha value is -1.07. The summed E-state index contributed by atoms with van der Waals surface area (Å²) in [4.78, 5) is 13.7. The van der Waals surface area contributed by atoms with Crippen molar-refractivity contribution in [3.05, 3.63) is 35.6 Å². The first-order valence-corrected chi connectivity index (χ1v) is 6.69. The van der Waals surface area contributed by atoms with E-state index in [-0.39, 0.29) is 18.1 Å². The van der Waals surface area contributed by atoms with E-state index in [1.54, 1.807) is 34.9 Å². The Balaban J connectivity index is 1.99. The fourth-order valence-electron chi connectivity index (χ4n) is 1.81. The summed E-state index contributed by atoms with van der Waals surface area (Å²) in [5.74, 6) is 1.27. The molecule has 0 aromatic heterocycles. The van der Waals surface area contributed by atoms with E-state index in [2.05, 4.69) is 0 Å². The zero-order valence-electron chi connectivity index (χ0n) is 9.43. The number of carbonyl (C=O) groups excluding carboxylic acids is 1. The molecule has 3 nitrogen and oxygen atoms in total. The van der Waals surface area contributed by atoms with Crippen LogP contribution in [-0.4, -0.2) is 35.0 Å². The Kier molecular flexibility index (Phi) is 4.02. The molecule has 2 rings (SSSR count). The topological polar surface area (TPSA) is 46.3 Å². The molecular formula is C12H15FN2OS. The van der Waals surface area contributed by atoms with Gasteiger partial charge in [-0.3, -0.25) is 4.79 Å². The highest BCUT2D eigenvalue weighted by molar-refractivity contribution is 7.99. The average molecular weight is 254 g/mol. The molecule has 17 heavy (non-hydrogen) atoms. The van der Waals surface area contributed by atoms with Crippen LogP contribution < -0.4 is 5.73 Å². The third-order valence-electron chi connectivity index (χ3n) is 2.78. The smallest absolute Gasteiger partial charge is 0.240 e. The first-order valence-electron chi connectivity index (χ1n) is 5.54. The van der Waals surface area contributed by atoms with Crippen LogP contribution in [-0.2, 0) is 11.2 Å². The minimum atomic E-state index is -0.648. The molecule has 1 aromatic carbocycles. The number of carbonyl (C=O) groups is 1. The van der Waals surface area contributed by atoms with Gasteiger partial charge in [-0.15, -0.1) is 11.8 Å². The normalized spacial score (nSPS) is 17.2. The maximum Gasteiger partial charge on any atom is 0.240 e. The first-order chi connectivity index (χ1) is 8.18. The second-order valence-electron chi connectivity index (χ2n) is 4.04. The number of halogens is 1. The molecule has 1 saturated heterocycles. The third-order valence-corrected chi connectivity index (χ3v) is 3.74. The van der Waals surface area contributed by atoms with E-state index in [4.69, 9.17) is 5.73 Å². The summed E-state index contributed by atoms with van der Waals surface area (Å²) in [5, 5.41) is 0. The van der Waals surface area contributed by atoms with Crippen LogP contribution in [0.5, 0.6) is 0 Å². The van der Waals surface area contributed by atoms with Crippen molar-refractivity contribution in [3.63, 3.8) is 0 Å². The highest BCUT2D eigenvalue weighted by Crippen LogP contribution is 2.15. The maximum absolute atomic E-state index is 13.4. The lowest BCUT2D eigenvalue weighted by Crippen LogP contribution is -2.43. The molecule has 5 heteroatoms.